The fourth-order valence-corrected chi connectivity index (χ4v) is 9.59. The van der Waals surface area contributed by atoms with E-state index in [2.05, 4.69) is 13.8 Å². The van der Waals surface area contributed by atoms with Crippen molar-refractivity contribution in [3.05, 3.63) is 23.2 Å². The van der Waals surface area contributed by atoms with Crippen LogP contribution in [0.4, 0.5) is 0 Å². The molecule has 0 N–H and O–H groups in total. The van der Waals surface area contributed by atoms with Crippen molar-refractivity contribution in [1.29, 1.82) is 0 Å². The van der Waals surface area contributed by atoms with Gasteiger partial charge in [-0.15, -0.1) is 0 Å². The molecule has 1 heterocycles. The highest BCUT2D eigenvalue weighted by Crippen LogP contribution is 2.67. The molecular formula is C23H32O5S. The first kappa shape index (κ1) is 19.7. The highest BCUT2D eigenvalue weighted by atomic mass is 32.2. The fraction of sp³-hybridized carbons (Fsp3) is 0.783. The lowest BCUT2D eigenvalue weighted by molar-refractivity contribution is -0.141. The van der Waals surface area contributed by atoms with Gasteiger partial charge in [0.2, 0.25) is 17.3 Å². The van der Waals surface area contributed by atoms with Gasteiger partial charge in [0.15, 0.2) is 15.6 Å². The molecule has 3 saturated carbocycles. The maximum Gasteiger partial charge on any atom is 0.245 e. The number of sulfone groups is 1. The standard InChI is InChI=1S/C23H32O5S/c1-21(2)27-19-17(24)12-13-6-7-14-15-8-9-18(29(5,25)26)22(15,3)11-10-16(14)23(13,4)20(19)28-21/h12,14-16,18H,6-11H2,1-5H3/t14-,15-,16-,18+,22-,23-/m0/s1. The summed E-state index contributed by atoms with van der Waals surface area (Å²) >= 11 is 0. The maximum absolute atomic E-state index is 12.7. The number of rotatable bonds is 1. The predicted octanol–water partition coefficient (Wildman–Crippen LogP) is 4.15. The van der Waals surface area contributed by atoms with Crippen molar-refractivity contribution in [2.45, 2.75) is 77.3 Å². The van der Waals surface area contributed by atoms with Crippen LogP contribution in [0.1, 0.15) is 66.2 Å². The van der Waals surface area contributed by atoms with Gasteiger partial charge in [0, 0.05) is 20.1 Å². The number of carbonyl (C=O) groups is 1. The van der Waals surface area contributed by atoms with Gasteiger partial charge in [-0.1, -0.05) is 12.5 Å². The van der Waals surface area contributed by atoms with Crippen LogP contribution >= 0.6 is 0 Å². The van der Waals surface area contributed by atoms with E-state index in [1.165, 1.54) is 11.8 Å². The first-order chi connectivity index (χ1) is 13.4. The minimum atomic E-state index is -3.05. The Labute approximate surface area is 173 Å². The Balaban J connectivity index is 1.56. The summed E-state index contributed by atoms with van der Waals surface area (Å²) in [5.74, 6) is 1.44. The monoisotopic (exact) mass is 420 g/mol. The van der Waals surface area contributed by atoms with Crippen LogP contribution < -0.4 is 0 Å². The smallest absolute Gasteiger partial charge is 0.245 e. The molecule has 0 radical (unpaired) electrons. The van der Waals surface area contributed by atoms with Crippen molar-refractivity contribution in [2.75, 3.05) is 6.26 Å². The lowest BCUT2D eigenvalue weighted by Gasteiger charge is -2.57. The molecule has 0 aromatic heterocycles. The largest absolute Gasteiger partial charge is 0.452 e. The third-order valence-electron chi connectivity index (χ3n) is 8.93. The highest BCUT2D eigenvalue weighted by molar-refractivity contribution is 7.91. The van der Waals surface area contributed by atoms with Crippen molar-refractivity contribution in [1.82, 2.24) is 0 Å². The molecule has 29 heavy (non-hydrogen) atoms. The Morgan fingerprint density at radius 2 is 1.72 bits per heavy atom. The Hall–Kier alpha value is -1.30. The van der Waals surface area contributed by atoms with Gasteiger partial charge in [0.05, 0.1) is 10.7 Å². The second-order valence-corrected chi connectivity index (χ2v) is 13.1. The van der Waals surface area contributed by atoms with Gasteiger partial charge in [0.25, 0.3) is 0 Å². The van der Waals surface area contributed by atoms with Crippen molar-refractivity contribution < 1.29 is 22.7 Å². The molecule has 0 saturated heterocycles. The zero-order valence-electron chi connectivity index (χ0n) is 18.1. The summed E-state index contributed by atoms with van der Waals surface area (Å²) < 4.78 is 37.2. The van der Waals surface area contributed by atoms with Gasteiger partial charge in [0.1, 0.15) is 0 Å². The lowest BCUT2D eigenvalue weighted by Crippen LogP contribution is -2.52. The molecule has 5 aliphatic rings. The van der Waals surface area contributed by atoms with Gasteiger partial charge in [-0.3, -0.25) is 4.79 Å². The summed E-state index contributed by atoms with van der Waals surface area (Å²) in [5, 5.41) is -0.224. The second-order valence-electron chi connectivity index (χ2n) is 10.9. The van der Waals surface area contributed by atoms with E-state index in [9.17, 15) is 13.2 Å². The van der Waals surface area contributed by atoms with E-state index in [0.29, 0.717) is 23.5 Å². The molecule has 0 amide bonds. The first-order valence-corrected chi connectivity index (χ1v) is 12.9. The number of hydrogen-bond acceptors (Lipinski definition) is 5. The molecule has 0 spiro atoms. The van der Waals surface area contributed by atoms with Crippen molar-refractivity contribution >= 4 is 15.6 Å². The van der Waals surface area contributed by atoms with Gasteiger partial charge in [-0.25, -0.2) is 8.42 Å². The summed E-state index contributed by atoms with van der Waals surface area (Å²) in [4.78, 5) is 12.7. The van der Waals surface area contributed by atoms with Crippen LogP contribution in [0.3, 0.4) is 0 Å². The summed E-state index contributed by atoms with van der Waals surface area (Å²) in [6.07, 6.45) is 8.76. The SMILES string of the molecule is CC1(C)OC2=C(O1)[C@@]1(C)C(=CC2=O)CC[C@@H]2[C@@H]1CC[C@]1(C)[C@H](S(C)(=O)=O)CC[C@@H]21. The maximum atomic E-state index is 12.7. The number of hydrogen-bond donors (Lipinski definition) is 0. The molecule has 6 atom stereocenters. The molecule has 160 valence electrons. The molecule has 4 aliphatic carbocycles. The van der Waals surface area contributed by atoms with E-state index in [-0.39, 0.29) is 21.9 Å². The number of ketones is 1. The van der Waals surface area contributed by atoms with Crippen LogP contribution in [0.25, 0.3) is 0 Å². The minimum Gasteiger partial charge on any atom is -0.452 e. The average Bonchev–Trinajstić information content (AvgIpc) is 3.13. The molecule has 0 unspecified atom stereocenters. The second kappa shape index (κ2) is 5.68. The van der Waals surface area contributed by atoms with E-state index in [4.69, 9.17) is 9.47 Å². The first-order valence-electron chi connectivity index (χ1n) is 10.9. The van der Waals surface area contributed by atoms with Crippen LogP contribution in [0, 0.1) is 28.6 Å². The van der Waals surface area contributed by atoms with Crippen LogP contribution in [0.2, 0.25) is 0 Å². The zero-order valence-corrected chi connectivity index (χ0v) is 18.9. The van der Waals surface area contributed by atoms with Crippen LogP contribution in [0.15, 0.2) is 23.2 Å². The number of fused-ring (bicyclic) bond motifs is 6. The molecule has 6 heteroatoms. The normalized spacial score (nSPS) is 45.4. The third kappa shape index (κ3) is 2.50. The highest BCUT2D eigenvalue weighted by Gasteiger charge is 2.64. The number of carbonyl (C=O) groups excluding carboxylic acids is 1. The van der Waals surface area contributed by atoms with Crippen LogP contribution in [0.5, 0.6) is 0 Å². The molecule has 1 aliphatic heterocycles. The number of ether oxygens (including phenoxy) is 2. The van der Waals surface area contributed by atoms with E-state index in [0.717, 1.165) is 44.3 Å². The van der Waals surface area contributed by atoms with Crippen LogP contribution in [-0.4, -0.2) is 31.5 Å². The molecule has 0 bridgehead atoms. The van der Waals surface area contributed by atoms with E-state index in [1.54, 1.807) is 6.08 Å². The molecular weight excluding hydrogens is 388 g/mol. The van der Waals surface area contributed by atoms with Gasteiger partial charge < -0.3 is 9.47 Å². The van der Waals surface area contributed by atoms with Crippen molar-refractivity contribution in [3.63, 3.8) is 0 Å². The Kier molecular flexibility index (Phi) is 3.85. The lowest BCUT2D eigenvalue weighted by atomic mass is 9.48. The topological polar surface area (TPSA) is 69.7 Å². The predicted molar refractivity (Wildman–Crippen MR) is 109 cm³/mol. The summed E-state index contributed by atoms with van der Waals surface area (Å²) in [6.45, 7) is 8.16. The minimum absolute atomic E-state index is 0.0739. The van der Waals surface area contributed by atoms with E-state index >= 15 is 0 Å². The third-order valence-corrected chi connectivity index (χ3v) is 10.7. The Bertz CT molecular complexity index is 958. The molecule has 0 aromatic carbocycles. The number of allylic oxidation sites excluding steroid dienone is 2. The van der Waals surface area contributed by atoms with Crippen molar-refractivity contribution in [3.8, 4) is 0 Å². The zero-order chi connectivity index (χ0) is 21.0. The quantitative estimate of drug-likeness (QED) is 0.637. The summed E-state index contributed by atoms with van der Waals surface area (Å²) in [5.41, 5.74) is 0.704. The molecule has 3 fully saturated rings. The van der Waals surface area contributed by atoms with E-state index < -0.39 is 15.6 Å². The molecule has 5 nitrogen and oxygen atoms in total. The van der Waals surface area contributed by atoms with Gasteiger partial charge in [-0.05, 0) is 74.7 Å². The van der Waals surface area contributed by atoms with Gasteiger partial charge >= 0.3 is 0 Å². The van der Waals surface area contributed by atoms with Crippen molar-refractivity contribution in [2.24, 2.45) is 28.6 Å². The average molecular weight is 421 g/mol. The Morgan fingerprint density at radius 3 is 2.41 bits per heavy atom. The van der Waals surface area contributed by atoms with E-state index in [1.807, 2.05) is 13.8 Å². The summed E-state index contributed by atoms with van der Waals surface area (Å²) in [7, 11) is -3.05. The molecule has 5 rings (SSSR count). The van der Waals surface area contributed by atoms with Crippen LogP contribution in [-0.2, 0) is 24.1 Å². The summed E-state index contributed by atoms with van der Waals surface area (Å²) in [6, 6.07) is 0. The fourth-order valence-electron chi connectivity index (χ4n) is 7.75. The molecule has 0 aromatic rings. The Morgan fingerprint density at radius 1 is 1.00 bits per heavy atom. The van der Waals surface area contributed by atoms with Gasteiger partial charge in [-0.2, -0.15) is 0 Å².